The summed E-state index contributed by atoms with van der Waals surface area (Å²) in [5.74, 6) is 3.98. The van der Waals surface area contributed by atoms with E-state index in [1.54, 1.807) is 0 Å². The summed E-state index contributed by atoms with van der Waals surface area (Å²) < 4.78 is 0. The van der Waals surface area contributed by atoms with E-state index in [1.807, 2.05) is 0 Å². The third-order valence-electron chi connectivity index (χ3n) is 5.53. The monoisotopic (exact) mass is 236 g/mol. The maximum absolute atomic E-state index is 10.9. The van der Waals surface area contributed by atoms with Crippen molar-refractivity contribution in [1.29, 1.82) is 0 Å². The summed E-state index contributed by atoms with van der Waals surface area (Å²) in [7, 11) is 0. The van der Waals surface area contributed by atoms with E-state index in [0.717, 1.165) is 30.1 Å². The van der Waals surface area contributed by atoms with E-state index in [0.29, 0.717) is 5.92 Å². The molecule has 1 nitrogen and oxygen atoms in total. The third-order valence-corrected chi connectivity index (χ3v) is 5.53. The minimum Gasteiger partial charge on any atom is -0.303 e. The van der Waals surface area contributed by atoms with Gasteiger partial charge in [0.05, 0.1) is 0 Å². The summed E-state index contributed by atoms with van der Waals surface area (Å²) in [5.41, 5.74) is 0. The van der Waals surface area contributed by atoms with Crippen LogP contribution in [0.5, 0.6) is 0 Å². The van der Waals surface area contributed by atoms with Crippen molar-refractivity contribution in [3.05, 3.63) is 0 Å². The zero-order chi connectivity index (χ0) is 12.3. The van der Waals surface area contributed by atoms with Crippen LogP contribution in [0.4, 0.5) is 0 Å². The van der Waals surface area contributed by atoms with E-state index in [2.05, 4.69) is 13.8 Å². The molecule has 2 aliphatic carbocycles. The Hall–Kier alpha value is -0.330. The topological polar surface area (TPSA) is 17.1 Å². The molecule has 0 aromatic heterocycles. The highest BCUT2D eigenvalue weighted by Crippen LogP contribution is 2.41. The molecule has 0 saturated heterocycles. The van der Waals surface area contributed by atoms with E-state index in [1.165, 1.54) is 51.2 Å². The summed E-state index contributed by atoms with van der Waals surface area (Å²) in [6.07, 6.45) is 11.9. The molecule has 0 heterocycles. The number of aldehydes is 1. The highest BCUT2D eigenvalue weighted by atomic mass is 16.1. The number of hydrogen-bond donors (Lipinski definition) is 0. The molecule has 2 aliphatic rings. The van der Waals surface area contributed by atoms with Gasteiger partial charge in [0.2, 0.25) is 0 Å². The van der Waals surface area contributed by atoms with E-state index in [4.69, 9.17) is 0 Å². The molecule has 17 heavy (non-hydrogen) atoms. The quantitative estimate of drug-likeness (QED) is 0.661. The first-order chi connectivity index (χ1) is 8.20. The highest BCUT2D eigenvalue weighted by molar-refractivity contribution is 5.53. The molecule has 0 aromatic rings. The van der Waals surface area contributed by atoms with Crippen molar-refractivity contribution in [1.82, 2.24) is 0 Å². The lowest BCUT2D eigenvalue weighted by Crippen LogP contribution is -2.28. The number of carbonyl (C=O) groups is 1. The molecule has 2 fully saturated rings. The van der Waals surface area contributed by atoms with Crippen LogP contribution in [0.25, 0.3) is 0 Å². The number of hydrogen-bond acceptors (Lipinski definition) is 1. The van der Waals surface area contributed by atoms with Crippen molar-refractivity contribution < 1.29 is 4.79 Å². The Morgan fingerprint density at radius 2 is 1.82 bits per heavy atom. The standard InChI is InChI=1S/C16H28O/c1-12-5-3-8-16(13(12)2)10-14-6-4-7-15(9-14)11-17/h11-16H,3-10H2,1-2H3. The lowest BCUT2D eigenvalue weighted by atomic mass is 9.68. The van der Waals surface area contributed by atoms with Gasteiger partial charge in [0.1, 0.15) is 6.29 Å². The molecule has 0 spiro atoms. The predicted molar refractivity (Wildman–Crippen MR) is 71.8 cm³/mol. The van der Waals surface area contributed by atoms with E-state index in [9.17, 15) is 4.79 Å². The molecule has 5 unspecified atom stereocenters. The zero-order valence-corrected chi connectivity index (χ0v) is 11.5. The van der Waals surface area contributed by atoms with E-state index < -0.39 is 0 Å². The minimum atomic E-state index is 0.380. The van der Waals surface area contributed by atoms with Crippen LogP contribution < -0.4 is 0 Å². The van der Waals surface area contributed by atoms with Crippen molar-refractivity contribution in [3.8, 4) is 0 Å². The Bertz CT molecular complexity index is 248. The van der Waals surface area contributed by atoms with Crippen molar-refractivity contribution in [2.75, 3.05) is 0 Å². The first kappa shape index (κ1) is 13.1. The summed E-state index contributed by atoms with van der Waals surface area (Å²) in [5, 5.41) is 0. The summed E-state index contributed by atoms with van der Waals surface area (Å²) in [4.78, 5) is 10.9. The van der Waals surface area contributed by atoms with Gasteiger partial charge in [0.25, 0.3) is 0 Å². The molecule has 5 atom stereocenters. The van der Waals surface area contributed by atoms with Crippen LogP contribution in [0, 0.1) is 29.6 Å². The zero-order valence-electron chi connectivity index (χ0n) is 11.5. The Balaban J connectivity index is 1.85. The van der Waals surface area contributed by atoms with E-state index in [-0.39, 0.29) is 0 Å². The average Bonchev–Trinajstić information content (AvgIpc) is 2.35. The van der Waals surface area contributed by atoms with Crippen LogP contribution in [0.1, 0.15) is 65.2 Å². The molecule has 0 bridgehead atoms. The lowest BCUT2D eigenvalue weighted by Gasteiger charge is -2.37. The van der Waals surface area contributed by atoms with Crippen molar-refractivity contribution >= 4 is 6.29 Å². The maximum atomic E-state index is 10.9. The molecule has 98 valence electrons. The molecule has 2 rings (SSSR count). The van der Waals surface area contributed by atoms with Crippen LogP contribution in [0.15, 0.2) is 0 Å². The smallest absolute Gasteiger partial charge is 0.123 e. The predicted octanol–water partition coefficient (Wildman–Crippen LogP) is 4.45. The molecular weight excluding hydrogens is 208 g/mol. The fourth-order valence-corrected chi connectivity index (χ4v) is 4.12. The summed E-state index contributed by atoms with van der Waals surface area (Å²) in [6.45, 7) is 4.88. The summed E-state index contributed by atoms with van der Waals surface area (Å²) in [6, 6.07) is 0. The van der Waals surface area contributed by atoms with Gasteiger partial charge in [-0.3, -0.25) is 0 Å². The van der Waals surface area contributed by atoms with E-state index >= 15 is 0 Å². The van der Waals surface area contributed by atoms with Crippen molar-refractivity contribution in [3.63, 3.8) is 0 Å². The Morgan fingerprint density at radius 3 is 2.59 bits per heavy atom. The maximum Gasteiger partial charge on any atom is 0.123 e. The number of rotatable bonds is 3. The minimum absolute atomic E-state index is 0.380. The van der Waals surface area contributed by atoms with Crippen LogP contribution in [-0.2, 0) is 4.79 Å². The Labute approximate surface area is 106 Å². The van der Waals surface area contributed by atoms with Gasteiger partial charge in [-0.05, 0) is 42.9 Å². The van der Waals surface area contributed by atoms with Gasteiger partial charge in [-0.25, -0.2) is 0 Å². The molecule has 0 radical (unpaired) electrons. The average molecular weight is 236 g/mol. The summed E-state index contributed by atoms with van der Waals surface area (Å²) >= 11 is 0. The van der Waals surface area contributed by atoms with Gasteiger partial charge in [0.15, 0.2) is 0 Å². The second kappa shape index (κ2) is 6.02. The van der Waals surface area contributed by atoms with Gasteiger partial charge in [-0.2, -0.15) is 0 Å². The van der Waals surface area contributed by atoms with Gasteiger partial charge >= 0.3 is 0 Å². The largest absolute Gasteiger partial charge is 0.303 e. The fraction of sp³-hybridized carbons (Fsp3) is 0.938. The molecule has 0 aromatic carbocycles. The second-order valence-corrected chi connectivity index (χ2v) is 6.69. The van der Waals surface area contributed by atoms with Gasteiger partial charge < -0.3 is 4.79 Å². The molecule has 0 amide bonds. The molecule has 2 saturated carbocycles. The van der Waals surface area contributed by atoms with Crippen LogP contribution >= 0.6 is 0 Å². The van der Waals surface area contributed by atoms with Gasteiger partial charge in [-0.1, -0.05) is 46.0 Å². The molecule has 1 heteroatoms. The molecular formula is C16H28O. The highest BCUT2D eigenvalue weighted by Gasteiger charge is 2.30. The van der Waals surface area contributed by atoms with Crippen molar-refractivity contribution in [2.45, 2.75) is 65.2 Å². The third kappa shape index (κ3) is 3.33. The first-order valence-electron chi connectivity index (χ1n) is 7.66. The van der Waals surface area contributed by atoms with Crippen LogP contribution in [0.2, 0.25) is 0 Å². The number of carbonyl (C=O) groups excluding carboxylic acids is 1. The Kier molecular flexibility index (Phi) is 4.64. The van der Waals surface area contributed by atoms with Gasteiger partial charge in [0, 0.05) is 5.92 Å². The molecule has 0 N–H and O–H groups in total. The van der Waals surface area contributed by atoms with Crippen LogP contribution in [-0.4, -0.2) is 6.29 Å². The van der Waals surface area contributed by atoms with Crippen molar-refractivity contribution in [2.24, 2.45) is 29.6 Å². The fourth-order valence-electron chi connectivity index (χ4n) is 4.12. The normalized spacial score (nSPS) is 43.3. The molecule has 0 aliphatic heterocycles. The van der Waals surface area contributed by atoms with Gasteiger partial charge in [-0.15, -0.1) is 0 Å². The van der Waals surface area contributed by atoms with Crippen LogP contribution in [0.3, 0.4) is 0 Å². The lowest BCUT2D eigenvalue weighted by molar-refractivity contribution is -0.112. The second-order valence-electron chi connectivity index (χ2n) is 6.69. The SMILES string of the molecule is CC1CCCC(CC2CCCC(C=O)C2)C1C. The first-order valence-corrected chi connectivity index (χ1v) is 7.66. The Morgan fingerprint density at radius 1 is 1.06 bits per heavy atom.